The first kappa shape index (κ1) is 22.8. The molecule has 0 saturated carbocycles. The first-order valence-corrected chi connectivity index (χ1v) is 9.96. The molecule has 0 aromatic heterocycles. The summed E-state index contributed by atoms with van der Waals surface area (Å²) < 4.78 is 30.1. The molecule has 0 aliphatic carbocycles. The highest BCUT2D eigenvalue weighted by Gasteiger charge is 2.19. The molecule has 2 N–H and O–H groups in total. The average molecular weight is 436 g/mol. The molecule has 160 valence electrons. The number of hydrogen-bond acceptors (Lipinski definition) is 8. The molecule has 2 aromatic rings. The van der Waals surface area contributed by atoms with E-state index in [1.54, 1.807) is 0 Å². The van der Waals surface area contributed by atoms with Crippen molar-refractivity contribution in [1.29, 1.82) is 0 Å². The van der Waals surface area contributed by atoms with Gasteiger partial charge in [-0.2, -0.15) is 0 Å². The summed E-state index contributed by atoms with van der Waals surface area (Å²) in [6, 6.07) is 9.10. The SMILES string of the molecule is CNc1ccc([N+](=O)[O-])cc1C(=O)OCC(=O)Nc1ccc(S(=O)(=O)N(C)C)cc1. The van der Waals surface area contributed by atoms with Crippen LogP contribution in [0.25, 0.3) is 0 Å². The van der Waals surface area contributed by atoms with Gasteiger partial charge in [0.25, 0.3) is 11.6 Å². The minimum absolute atomic E-state index is 0.0576. The summed E-state index contributed by atoms with van der Waals surface area (Å²) in [6.07, 6.45) is 0. The molecule has 0 atom stereocenters. The van der Waals surface area contributed by atoms with Crippen molar-refractivity contribution < 1.29 is 27.7 Å². The van der Waals surface area contributed by atoms with E-state index in [0.29, 0.717) is 11.4 Å². The maximum Gasteiger partial charge on any atom is 0.341 e. The highest BCUT2D eigenvalue weighted by molar-refractivity contribution is 7.89. The van der Waals surface area contributed by atoms with E-state index in [-0.39, 0.29) is 16.1 Å². The molecule has 0 radical (unpaired) electrons. The Morgan fingerprint density at radius 1 is 1.13 bits per heavy atom. The van der Waals surface area contributed by atoms with Crippen LogP contribution in [0.4, 0.5) is 17.1 Å². The fourth-order valence-electron chi connectivity index (χ4n) is 2.36. The predicted octanol–water partition coefficient (Wildman–Crippen LogP) is 1.68. The second kappa shape index (κ2) is 9.33. The average Bonchev–Trinajstić information content (AvgIpc) is 2.71. The number of non-ortho nitro benzene ring substituents is 1. The van der Waals surface area contributed by atoms with Crippen LogP contribution in [0.3, 0.4) is 0 Å². The second-order valence-electron chi connectivity index (χ2n) is 6.17. The van der Waals surface area contributed by atoms with E-state index in [2.05, 4.69) is 10.6 Å². The molecule has 0 aliphatic rings. The summed E-state index contributed by atoms with van der Waals surface area (Å²) in [7, 11) is 0.745. The molecule has 1 amide bonds. The van der Waals surface area contributed by atoms with Crippen molar-refractivity contribution in [2.75, 3.05) is 38.4 Å². The van der Waals surface area contributed by atoms with Crippen molar-refractivity contribution in [2.24, 2.45) is 0 Å². The number of hydrogen-bond donors (Lipinski definition) is 2. The zero-order valence-corrected chi connectivity index (χ0v) is 17.2. The third kappa shape index (κ3) is 5.30. The smallest absolute Gasteiger partial charge is 0.341 e. The van der Waals surface area contributed by atoms with E-state index >= 15 is 0 Å². The second-order valence-corrected chi connectivity index (χ2v) is 8.32. The first-order valence-electron chi connectivity index (χ1n) is 8.52. The third-order valence-corrected chi connectivity index (χ3v) is 5.78. The zero-order chi connectivity index (χ0) is 22.5. The molecule has 30 heavy (non-hydrogen) atoms. The van der Waals surface area contributed by atoms with Gasteiger partial charge in [-0.15, -0.1) is 0 Å². The number of rotatable bonds is 8. The van der Waals surface area contributed by atoms with Gasteiger partial charge in [0.1, 0.15) is 0 Å². The highest BCUT2D eigenvalue weighted by Crippen LogP contribution is 2.22. The Balaban J connectivity index is 2.02. The predicted molar refractivity (Wildman–Crippen MR) is 109 cm³/mol. The molecular weight excluding hydrogens is 416 g/mol. The molecule has 0 fully saturated rings. The number of nitrogens with zero attached hydrogens (tertiary/aromatic N) is 2. The molecule has 0 aliphatic heterocycles. The first-order chi connectivity index (χ1) is 14.1. The Morgan fingerprint density at radius 2 is 1.77 bits per heavy atom. The molecular formula is C18H20N4O7S. The lowest BCUT2D eigenvalue weighted by Gasteiger charge is -2.12. The zero-order valence-electron chi connectivity index (χ0n) is 16.4. The van der Waals surface area contributed by atoms with Gasteiger partial charge < -0.3 is 15.4 Å². The van der Waals surface area contributed by atoms with Crippen molar-refractivity contribution in [1.82, 2.24) is 4.31 Å². The van der Waals surface area contributed by atoms with Gasteiger partial charge in [0.2, 0.25) is 10.0 Å². The summed E-state index contributed by atoms with van der Waals surface area (Å²) in [6.45, 7) is -0.636. The van der Waals surface area contributed by atoms with Gasteiger partial charge in [0, 0.05) is 44.7 Å². The van der Waals surface area contributed by atoms with E-state index in [4.69, 9.17) is 4.74 Å². The van der Waals surface area contributed by atoms with Gasteiger partial charge in [-0.05, 0) is 30.3 Å². The minimum atomic E-state index is -3.59. The molecule has 0 saturated heterocycles. The quantitative estimate of drug-likeness (QED) is 0.361. The Morgan fingerprint density at radius 3 is 2.30 bits per heavy atom. The number of carbonyl (C=O) groups is 2. The molecule has 0 spiro atoms. The minimum Gasteiger partial charge on any atom is -0.452 e. The van der Waals surface area contributed by atoms with Crippen molar-refractivity contribution in [3.8, 4) is 0 Å². The number of ether oxygens (including phenoxy) is 1. The van der Waals surface area contributed by atoms with Crippen molar-refractivity contribution in [3.05, 3.63) is 58.1 Å². The van der Waals surface area contributed by atoms with Gasteiger partial charge in [-0.25, -0.2) is 17.5 Å². The number of nitro groups is 1. The number of benzene rings is 2. The number of carbonyl (C=O) groups excluding carboxylic acids is 2. The lowest BCUT2D eigenvalue weighted by atomic mass is 10.1. The normalized spacial score (nSPS) is 11.1. The van der Waals surface area contributed by atoms with Crippen LogP contribution >= 0.6 is 0 Å². The fourth-order valence-corrected chi connectivity index (χ4v) is 3.26. The van der Waals surface area contributed by atoms with Crippen LogP contribution in [-0.4, -0.2) is 57.3 Å². The van der Waals surface area contributed by atoms with E-state index in [1.807, 2.05) is 0 Å². The van der Waals surface area contributed by atoms with Crippen molar-refractivity contribution in [2.45, 2.75) is 4.90 Å². The third-order valence-electron chi connectivity index (χ3n) is 3.95. The monoisotopic (exact) mass is 436 g/mol. The van der Waals surface area contributed by atoms with Gasteiger partial charge in [-0.1, -0.05) is 0 Å². The number of esters is 1. The summed E-state index contributed by atoms with van der Waals surface area (Å²) >= 11 is 0. The van der Waals surface area contributed by atoms with Gasteiger partial charge in [0.15, 0.2) is 6.61 Å². The van der Waals surface area contributed by atoms with E-state index in [0.717, 1.165) is 10.4 Å². The molecule has 2 aromatic carbocycles. The van der Waals surface area contributed by atoms with Crippen LogP contribution in [-0.2, 0) is 19.6 Å². The van der Waals surface area contributed by atoms with Gasteiger partial charge >= 0.3 is 5.97 Å². The summed E-state index contributed by atoms with van der Waals surface area (Å²) in [4.78, 5) is 34.6. The Hall–Kier alpha value is -3.51. The lowest BCUT2D eigenvalue weighted by Crippen LogP contribution is -2.23. The lowest BCUT2D eigenvalue weighted by molar-refractivity contribution is -0.384. The number of sulfonamides is 1. The molecule has 0 heterocycles. The van der Waals surface area contributed by atoms with Crippen molar-refractivity contribution >= 4 is 39.0 Å². The van der Waals surface area contributed by atoms with Crippen LogP contribution in [0.2, 0.25) is 0 Å². The van der Waals surface area contributed by atoms with Gasteiger partial charge in [0.05, 0.1) is 15.4 Å². The summed E-state index contributed by atoms with van der Waals surface area (Å²) in [5.74, 6) is -1.58. The van der Waals surface area contributed by atoms with Crippen LogP contribution < -0.4 is 10.6 Å². The molecule has 2 rings (SSSR count). The Kier molecular flexibility index (Phi) is 7.08. The molecule has 12 heteroatoms. The van der Waals surface area contributed by atoms with Crippen LogP contribution in [0.15, 0.2) is 47.4 Å². The highest BCUT2D eigenvalue weighted by atomic mass is 32.2. The van der Waals surface area contributed by atoms with E-state index in [9.17, 15) is 28.1 Å². The van der Waals surface area contributed by atoms with Crippen LogP contribution in [0.5, 0.6) is 0 Å². The number of anilines is 2. The Bertz CT molecular complexity index is 1070. The number of nitrogens with one attached hydrogen (secondary N) is 2. The van der Waals surface area contributed by atoms with E-state index in [1.165, 1.54) is 57.5 Å². The Labute approximate surface area is 172 Å². The summed E-state index contributed by atoms with van der Waals surface area (Å²) in [5, 5.41) is 16.1. The molecule has 0 bridgehead atoms. The van der Waals surface area contributed by atoms with Crippen LogP contribution in [0.1, 0.15) is 10.4 Å². The van der Waals surface area contributed by atoms with E-state index < -0.39 is 33.4 Å². The fraction of sp³-hybridized carbons (Fsp3) is 0.222. The van der Waals surface area contributed by atoms with Gasteiger partial charge in [-0.3, -0.25) is 14.9 Å². The summed E-state index contributed by atoms with van der Waals surface area (Å²) in [5.41, 5.74) is 0.236. The maximum atomic E-state index is 12.2. The standard InChI is InChI=1S/C18H20N4O7S/c1-19-16-9-6-13(22(25)26)10-15(16)18(24)29-11-17(23)20-12-4-7-14(8-5-12)30(27,28)21(2)3/h4-10,19H,11H2,1-3H3,(H,20,23). The topological polar surface area (TPSA) is 148 Å². The maximum absolute atomic E-state index is 12.2. The van der Waals surface area contributed by atoms with Crippen LogP contribution in [0, 0.1) is 10.1 Å². The number of nitro benzene ring substituents is 1. The number of amides is 1. The largest absolute Gasteiger partial charge is 0.452 e. The molecule has 11 nitrogen and oxygen atoms in total. The van der Waals surface area contributed by atoms with Crippen molar-refractivity contribution in [3.63, 3.8) is 0 Å². The molecule has 0 unspecified atom stereocenters.